The summed E-state index contributed by atoms with van der Waals surface area (Å²) >= 11 is 9.08. The molecule has 3 aromatic rings. The third kappa shape index (κ3) is 3.69. The molecule has 0 unspecified atom stereocenters. The number of amides is 1. The summed E-state index contributed by atoms with van der Waals surface area (Å²) in [5, 5.41) is 10.4. The normalized spacial score (nSPS) is 10.5. The van der Waals surface area contributed by atoms with E-state index in [1.807, 2.05) is 22.9 Å². The average Bonchev–Trinajstić information content (AvgIpc) is 3.08. The van der Waals surface area contributed by atoms with E-state index in [0.29, 0.717) is 10.7 Å². The quantitative estimate of drug-likeness (QED) is 0.751. The number of anilines is 1. The van der Waals surface area contributed by atoms with Crippen molar-refractivity contribution in [3.8, 4) is 10.6 Å². The molecular weight excluding hydrogens is 324 g/mol. The lowest BCUT2D eigenvalue weighted by molar-refractivity contribution is -0.115. The number of carbonyl (C=O) groups is 1. The van der Waals surface area contributed by atoms with E-state index in [9.17, 15) is 4.79 Å². The summed E-state index contributed by atoms with van der Waals surface area (Å²) in [5.41, 5.74) is 2.58. The third-order valence-electron chi connectivity index (χ3n) is 2.77. The van der Waals surface area contributed by atoms with Gasteiger partial charge in [0.1, 0.15) is 5.01 Å². The van der Waals surface area contributed by atoms with Crippen LogP contribution in [0, 0.1) is 0 Å². The lowest BCUT2D eigenvalue weighted by Gasteiger charge is -2.04. The van der Waals surface area contributed by atoms with Gasteiger partial charge in [-0.15, -0.1) is 11.3 Å². The van der Waals surface area contributed by atoms with E-state index in [-0.39, 0.29) is 12.3 Å². The molecule has 0 saturated carbocycles. The van der Waals surface area contributed by atoms with Gasteiger partial charge < -0.3 is 5.32 Å². The molecule has 0 radical (unpaired) electrons. The fraction of sp³-hybridized carbons (Fsp3) is 0.0667. The average molecular weight is 335 g/mol. The van der Waals surface area contributed by atoms with Gasteiger partial charge in [-0.2, -0.15) is 11.3 Å². The predicted octanol–water partition coefficient (Wildman–Crippen LogP) is 4.71. The minimum absolute atomic E-state index is 0.0977. The molecule has 0 bridgehead atoms. The van der Waals surface area contributed by atoms with Crippen molar-refractivity contribution in [3.05, 3.63) is 57.2 Å². The van der Waals surface area contributed by atoms with Gasteiger partial charge in [0.2, 0.25) is 5.91 Å². The van der Waals surface area contributed by atoms with E-state index in [0.717, 1.165) is 16.3 Å². The maximum atomic E-state index is 12.0. The van der Waals surface area contributed by atoms with Crippen LogP contribution in [-0.4, -0.2) is 10.9 Å². The van der Waals surface area contributed by atoms with Crippen LogP contribution in [0.5, 0.6) is 0 Å². The highest BCUT2D eigenvalue weighted by atomic mass is 35.5. The first-order valence-corrected chi connectivity index (χ1v) is 8.43. The number of thiophene rings is 1. The first-order chi connectivity index (χ1) is 10.2. The number of carbonyl (C=O) groups excluding carboxylic acids is 1. The van der Waals surface area contributed by atoms with Crippen molar-refractivity contribution in [3.63, 3.8) is 0 Å². The minimum atomic E-state index is -0.0977. The van der Waals surface area contributed by atoms with Gasteiger partial charge in [-0.05, 0) is 29.6 Å². The number of hydrogen-bond acceptors (Lipinski definition) is 4. The molecule has 1 N–H and O–H groups in total. The van der Waals surface area contributed by atoms with Crippen LogP contribution in [-0.2, 0) is 11.2 Å². The van der Waals surface area contributed by atoms with Crippen molar-refractivity contribution in [1.82, 2.24) is 4.98 Å². The van der Waals surface area contributed by atoms with Crippen molar-refractivity contribution < 1.29 is 4.79 Å². The molecule has 0 spiro atoms. The van der Waals surface area contributed by atoms with E-state index in [1.54, 1.807) is 40.9 Å². The molecule has 3 rings (SSSR count). The van der Waals surface area contributed by atoms with Gasteiger partial charge in [-0.25, -0.2) is 4.98 Å². The summed E-state index contributed by atoms with van der Waals surface area (Å²) < 4.78 is 0. The largest absolute Gasteiger partial charge is 0.326 e. The van der Waals surface area contributed by atoms with Crippen molar-refractivity contribution >= 4 is 45.9 Å². The molecule has 3 nitrogen and oxygen atoms in total. The van der Waals surface area contributed by atoms with E-state index in [4.69, 9.17) is 11.6 Å². The second-order valence-electron chi connectivity index (χ2n) is 4.39. The molecule has 0 aliphatic rings. The zero-order chi connectivity index (χ0) is 14.7. The maximum Gasteiger partial charge on any atom is 0.230 e. The molecule has 0 aliphatic heterocycles. The van der Waals surface area contributed by atoms with Crippen LogP contribution >= 0.6 is 34.3 Å². The molecule has 21 heavy (non-hydrogen) atoms. The Balaban J connectivity index is 1.65. The second-order valence-corrected chi connectivity index (χ2v) is 6.47. The van der Waals surface area contributed by atoms with Gasteiger partial charge in [0, 0.05) is 27.0 Å². The molecule has 1 aromatic carbocycles. The summed E-state index contributed by atoms with van der Waals surface area (Å²) in [6, 6.07) is 9.12. The van der Waals surface area contributed by atoms with Crippen LogP contribution in [0.4, 0.5) is 5.69 Å². The van der Waals surface area contributed by atoms with Crippen LogP contribution in [0.1, 0.15) is 5.69 Å². The zero-order valence-electron chi connectivity index (χ0n) is 10.9. The lowest BCUT2D eigenvalue weighted by atomic mass is 10.3. The van der Waals surface area contributed by atoms with Crippen molar-refractivity contribution in [2.24, 2.45) is 0 Å². The Hall–Kier alpha value is -1.69. The van der Waals surface area contributed by atoms with Crippen molar-refractivity contribution in [1.29, 1.82) is 0 Å². The first-order valence-electron chi connectivity index (χ1n) is 6.23. The second kappa shape index (κ2) is 6.39. The fourth-order valence-corrected chi connectivity index (χ4v) is 3.56. The summed E-state index contributed by atoms with van der Waals surface area (Å²) in [5.74, 6) is -0.0977. The number of rotatable bonds is 4. The molecule has 1 amide bonds. The fourth-order valence-electron chi connectivity index (χ4n) is 1.84. The number of nitrogens with zero attached hydrogens (tertiary/aromatic N) is 1. The molecule has 2 aromatic heterocycles. The van der Waals surface area contributed by atoms with Crippen molar-refractivity contribution in [2.75, 3.05) is 5.32 Å². The Morgan fingerprint density at radius 3 is 2.95 bits per heavy atom. The standard InChI is InChI=1S/C15H11ClN2OS2/c16-11-2-1-3-12(6-11)17-14(19)7-13-9-21-15(18-13)10-4-5-20-8-10/h1-6,8-9H,7H2,(H,17,19). The highest BCUT2D eigenvalue weighted by molar-refractivity contribution is 7.14. The highest BCUT2D eigenvalue weighted by Gasteiger charge is 2.09. The molecule has 0 atom stereocenters. The molecular formula is C15H11ClN2OS2. The molecule has 2 heterocycles. The van der Waals surface area contributed by atoms with Crippen LogP contribution in [0.2, 0.25) is 5.02 Å². The van der Waals surface area contributed by atoms with E-state index in [1.165, 1.54) is 0 Å². The topological polar surface area (TPSA) is 42.0 Å². The summed E-state index contributed by atoms with van der Waals surface area (Å²) in [6.07, 6.45) is 0.257. The zero-order valence-corrected chi connectivity index (χ0v) is 13.3. The number of aromatic nitrogens is 1. The molecule has 106 valence electrons. The number of halogens is 1. The first kappa shape index (κ1) is 14.3. The number of thiazole rings is 1. The molecule has 0 aliphatic carbocycles. The van der Waals surface area contributed by atoms with Gasteiger partial charge in [-0.1, -0.05) is 17.7 Å². The Kier molecular flexibility index (Phi) is 4.34. The minimum Gasteiger partial charge on any atom is -0.326 e. The summed E-state index contributed by atoms with van der Waals surface area (Å²) in [6.45, 7) is 0. The van der Waals surface area contributed by atoms with Crippen LogP contribution < -0.4 is 5.32 Å². The third-order valence-corrected chi connectivity index (χ3v) is 4.63. The van der Waals surface area contributed by atoms with Crippen molar-refractivity contribution in [2.45, 2.75) is 6.42 Å². The molecule has 6 heteroatoms. The lowest BCUT2D eigenvalue weighted by Crippen LogP contribution is -2.14. The SMILES string of the molecule is O=C(Cc1csc(-c2ccsc2)n1)Nc1cccc(Cl)c1. The highest BCUT2D eigenvalue weighted by Crippen LogP contribution is 2.26. The van der Waals surface area contributed by atoms with Gasteiger partial charge in [-0.3, -0.25) is 4.79 Å². The van der Waals surface area contributed by atoms with Crippen LogP contribution in [0.3, 0.4) is 0 Å². The number of hydrogen-bond donors (Lipinski definition) is 1. The number of benzene rings is 1. The predicted molar refractivity (Wildman–Crippen MR) is 89.2 cm³/mol. The van der Waals surface area contributed by atoms with Crippen LogP contribution in [0.25, 0.3) is 10.6 Å². The van der Waals surface area contributed by atoms with Gasteiger partial charge in [0.15, 0.2) is 0 Å². The van der Waals surface area contributed by atoms with Gasteiger partial charge in [0.25, 0.3) is 0 Å². The van der Waals surface area contributed by atoms with E-state index in [2.05, 4.69) is 15.7 Å². The maximum absolute atomic E-state index is 12.0. The summed E-state index contributed by atoms with van der Waals surface area (Å²) in [4.78, 5) is 16.5. The Morgan fingerprint density at radius 2 is 2.19 bits per heavy atom. The van der Waals surface area contributed by atoms with E-state index < -0.39 is 0 Å². The molecule has 0 fully saturated rings. The van der Waals surface area contributed by atoms with Gasteiger partial charge in [0.05, 0.1) is 12.1 Å². The Bertz CT molecular complexity index is 753. The monoisotopic (exact) mass is 334 g/mol. The molecule has 0 saturated heterocycles. The Labute approximate surface area is 135 Å². The van der Waals surface area contributed by atoms with Gasteiger partial charge >= 0.3 is 0 Å². The number of nitrogens with one attached hydrogen (secondary N) is 1. The van der Waals surface area contributed by atoms with E-state index >= 15 is 0 Å². The Morgan fingerprint density at radius 1 is 1.29 bits per heavy atom. The summed E-state index contributed by atoms with van der Waals surface area (Å²) in [7, 11) is 0. The van der Waals surface area contributed by atoms with Crippen LogP contribution in [0.15, 0.2) is 46.5 Å². The smallest absolute Gasteiger partial charge is 0.230 e.